The maximum atomic E-state index is 13.5. The molecule has 0 aliphatic carbocycles. The molecule has 0 saturated carbocycles. The summed E-state index contributed by atoms with van der Waals surface area (Å²) in [7, 11) is 0. The molecule has 7 atom stereocenters. The zero-order valence-electron chi connectivity index (χ0n) is 30.4. The fraction of sp³-hybridized carbons (Fsp3) is 0.613. The van der Waals surface area contributed by atoms with Crippen molar-refractivity contribution in [3.63, 3.8) is 0 Å². The van der Waals surface area contributed by atoms with Gasteiger partial charge >= 0.3 is 35.8 Å². The minimum atomic E-state index is -1.91. The van der Waals surface area contributed by atoms with Gasteiger partial charge in [-0.1, -0.05) is 0 Å². The summed E-state index contributed by atoms with van der Waals surface area (Å²) < 4.78 is 0. The summed E-state index contributed by atoms with van der Waals surface area (Å²) in [6.45, 7) is 0.362. The molecule has 0 aromatic carbocycles. The molecule has 0 spiro atoms. The van der Waals surface area contributed by atoms with E-state index in [4.69, 9.17) is 26.2 Å². The first-order chi connectivity index (χ1) is 26.5. The van der Waals surface area contributed by atoms with Gasteiger partial charge in [0, 0.05) is 32.1 Å². The highest BCUT2D eigenvalue weighted by Crippen LogP contribution is 2.09. The second-order valence-electron chi connectivity index (χ2n) is 12.3. The third kappa shape index (κ3) is 21.3. The van der Waals surface area contributed by atoms with Crippen LogP contribution in [0, 0.1) is 0 Å². The highest BCUT2D eigenvalue weighted by molar-refractivity contribution is 5.97. The fourth-order valence-corrected chi connectivity index (χ4v) is 4.53. The average Bonchev–Trinajstić information content (AvgIpc) is 3.11. The number of carboxylic acids is 6. The van der Waals surface area contributed by atoms with Crippen LogP contribution in [0.25, 0.3) is 0 Å². The third-order valence-corrected chi connectivity index (χ3v) is 7.67. The predicted octanol–water partition coefficient (Wildman–Crippen LogP) is -5.36. The van der Waals surface area contributed by atoms with E-state index in [1.807, 2.05) is 5.32 Å². The fourth-order valence-electron chi connectivity index (χ4n) is 4.53. The maximum absolute atomic E-state index is 13.5. The summed E-state index contributed by atoms with van der Waals surface area (Å²) in [5, 5.41) is 76.7. The van der Waals surface area contributed by atoms with Crippen LogP contribution in [-0.4, -0.2) is 156 Å². The largest absolute Gasteiger partial charge is 0.481 e. The van der Waals surface area contributed by atoms with Crippen LogP contribution in [0.2, 0.25) is 0 Å². The van der Waals surface area contributed by atoms with Crippen molar-refractivity contribution in [1.82, 2.24) is 31.9 Å². The van der Waals surface area contributed by atoms with Gasteiger partial charge in [-0.25, -0.2) is 4.79 Å². The number of carboxylic acid groups (broad SMARTS) is 6. The Bertz CT molecular complexity index is 1520. The van der Waals surface area contributed by atoms with E-state index in [1.165, 1.54) is 0 Å². The summed E-state index contributed by atoms with van der Waals surface area (Å²) in [5.41, 5.74) is 5.39. The van der Waals surface area contributed by atoms with E-state index in [1.54, 1.807) is 0 Å². The Balaban J connectivity index is 6.45. The lowest BCUT2D eigenvalue weighted by molar-refractivity contribution is -0.144. The molecule has 0 saturated heterocycles. The molecule has 26 nitrogen and oxygen atoms in total. The molecule has 0 heterocycles. The molecule has 0 aromatic heterocycles. The molecule has 0 radical (unpaired) electrons. The molecule has 26 heteroatoms. The average molecular weight is 822 g/mol. The summed E-state index contributed by atoms with van der Waals surface area (Å²) in [6.07, 6.45) is -7.22. The summed E-state index contributed by atoms with van der Waals surface area (Å²) >= 11 is 0. The zero-order valence-corrected chi connectivity index (χ0v) is 30.4. The van der Waals surface area contributed by atoms with Gasteiger partial charge in [0.2, 0.25) is 35.4 Å². The molecule has 0 bridgehead atoms. The molecule has 0 aliphatic heterocycles. The van der Waals surface area contributed by atoms with Gasteiger partial charge in [-0.05, 0) is 39.0 Å². The van der Waals surface area contributed by atoms with E-state index in [0.717, 1.165) is 6.92 Å². The minimum Gasteiger partial charge on any atom is -0.481 e. The number of nitrogens with two attached hydrogens (primary N) is 1. The molecule has 0 rings (SSSR count). The van der Waals surface area contributed by atoms with E-state index in [9.17, 15) is 72.9 Å². The van der Waals surface area contributed by atoms with E-state index >= 15 is 0 Å². The topological polar surface area (TPSA) is 445 Å². The molecule has 0 aromatic rings. The highest BCUT2D eigenvalue weighted by Gasteiger charge is 2.34. The Morgan fingerprint density at radius 3 is 0.895 bits per heavy atom. The maximum Gasteiger partial charge on any atom is 0.326 e. The lowest BCUT2D eigenvalue weighted by Crippen LogP contribution is -2.59. The number of rotatable bonds is 29. The van der Waals surface area contributed by atoms with Crippen molar-refractivity contribution in [3.8, 4) is 0 Å². The monoisotopic (exact) mass is 821 g/mol. The Morgan fingerprint density at radius 2 is 0.649 bits per heavy atom. The number of carbonyl (C=O) groups is 12. The van der Waals surface area contributed by atoms with Crippen LogP contribution in [-0.2, 0) is 57.5 Å². The molecule has 320 valence electrons. The Kier molecular flexibility index (Phi) is 22.7. The summed E-state index contributed by atoms with van der Waals surface area (Å²) in [6, 6.07) is -12.0. The van der Waals surface area contributed by atoms with Crippen molar-refractivity contribution >= 4 is 71.3 Å². The van der Waals surface area contributed by atoms with Gasteiger partial charge < -0.3 is 73.4 Å². The second kappa shape index (κ2) is 25.6. The van der Waals surface area contributed by atoms with Crippen LogP contribution < -0.4 is 37.6 Å². The number of hydrogen-bond donors (Lipinski definition) is 14. The first-order valence-corrected chi connectivity index (χ1v) is 17.0. The van der Waals surface area contributed by atoms with Crippen molar-refractivity contribution < 1.29 is 93.3 Å². The quantitative estimate of drug-likeness (QED) is 0.0335. The standard InChI is InChI=1S/C31H47N7O19/c1-13(33-26(51)14(32)12-39)25(50)34-15(2-7-20(40)41)27(52)35-16(3-8-21(42)43)28(53)36-17(4-9-22(44)45)29(54)37-18(5-10-23(46)47)30(55)38-19(31(56)57)6-11-24(48)49/h13-19,39H,2-12,32H2,1H3,(H,33,51)(H,34,50)(H,35,52)(H,36,53)(H,37,54)(H,38,55)(H,40,41)(H,42,43)(H,44,45)(H,46,47)(H,48,49)(H,56,57)/t13-,14-,15-,16-,17-,18-,19-/m0/s1. The van der Waals surface area contributed by atoms with Gasteiger partial charge in [-0.3, -0.25) is 52.7 Å². The van der Waals surface area contributed by atoms with Crippen molar-refractivity contribution in [2.75, 3.05) is 6.61 Å². The normalized spacial score (nSPS) is 14.4. The van der Waals surface area contributed by atoms with Gasteiger partial charge in [0.15, 0.2) is 0 Å². The number of amides is 6. The highest BCUT2D eigenvalue weighted by atomic mass is 16.4. The van der Waals surface area contributed by atoms with Crippen LogP contribution >= 0.6 is 0 Å². The lowest BCUT2D eigenvalue weighted by Gasteiger charge is -2.27. The van der Waals surface area contributed by atoms with Crippen LogP contribution in [0.1, 0.15) is 71.1 Å². The number of aliphatic hydroxyl groups excluding tert-OH is 1. The number of hydrogen-bond acceptors (Lipinski definition) is 14. The van der Waals surface area contributed by atoms with Gasteiger partial charge in [-0.2, -0.15) is 0 Å². The van der Waals surface area contributed by atoms with Crippen molar-refractivity contribution in [3.05, 3.63) is 0 Å². The molecule has 6 amide bonds. The van der Waals surface area contributed by atoms with Crippen LogP contribution in [0.3, 0.4) is 0 Å². The number of aliphatic carboxylic acids is 6. The molecule has 0 unspecified atom stereocenters. The molecular formula is C31H47N7O19. The molecule has 15 N–H and O–H groups in total. The minimum absolute atomic E-state index is 0.612. The Hall–Kier alpha value is -6.44. The Morgan fingerprint density at radius 1 is 0.404 bits per heavy atom. The van der Waals surface area contributed by atoms with Crippen molar-refractivity contribution in [1.29, 1.82) is 0 Å². The van der Waals surface area contributed by atoms with Crippen LogP contribution in [0.15, 0.2) is 0 Å². The number of carbonyl (C=O) groups excluding carboxylic acids is 6. The van der Waals surface area contributed by atoms with E-state index < -0.39 is 184 Å². The molecule has 0 aliphatic rings. The van der Waals surface area contributed by atoms with Gasteiger partial charge in [-0.15, -0.1) is 0 Å². The summed E-state index contributed by atoms with van der Waals surface area (Å²) in [5.74, 6) is -16.2. The number of nitrogens with one attached hydrogen (secondary N) is 6. The first kappa shape index (κ1) is 50.6. The van der Waals surface area contributed by atoms with Crippen LogP contribution in [0.4, 0.5) is 0 Å². The predicted molar refractivity (Wildman–Crippen MR) is 184 cm³/mol. The van der Waals surface area contributed by atoms with E-state index in [2.05, 4.69) is 26.6 Å². The number of aliphatic hydroxyl groups is 1. The summed E-state index contributed by atoms with van der Waals surface area (Å²) in [4.78, 5) is 146. The van der Waals surface area contributed by atoms with Gasteiger partial charge in [0.1, 0.15) is 42.3 Å². The third-order valence-electron chi connectivity index (χ3n) is 7.67. The lowest BCUT2D eigenvalue weighted by atomic mass is 10.0. The Labute approximate surface area is 322 Å². The van der Waals surface area contributed by atoms with E-state index in [-0.39, 0.29) is 0 Å². The van der Waals surface area contributed by atoms with Gasteiger partial charge in [0.05, 0.1) is 6.61 Å². The zero-order chi connectivity index (χ0) is 44.0. The van der Waals surface area contributed by atoms with Crippen molar-refractivity contribution in [2.45, 2.75) is 113 Å². The molecule has 57 heavy (non-hydrogen) atoms. The second-order valence-corrected chi connectivity index (χ2v) is 12.3. The van der Waals surface area contributed by atoms with Crippen LogP contribution in [0.5, 0.6) is 0 Å². The van der Waals surface area contributed by atoms with E-state index in [0.29, 0.717) is 0 Å². The van der Waals surface area contributed by atoms with Gasteiger partial charge in [0.25, 0.3) is 0 Å². The smallest absolute Gasteiger partial charge is 0.326 e. The SMILES string of the molecule is C[C@H](NC(=O)[C@@H](N)CO)C(=O)N[C@@H](CCC(=O)O)C(=O)N[C@@H](CCC(=O)O)C(=O)N[C@@H](CCC(=O)O)C(=O)N[C@@H](CCC(=O)O)C(=O)N[C@@H](CCC(=O)O)C(=O)O. The molecular weight excluding hydrogens is 774 g/mol. The first-order valence-electron chi connectivity index (χ1n) is 17.0. The molecule has 0 fully saturated rings. The van der Waals surface area contributed by atoms with Crippen molar-refractivity contribution in [2.24, 2.45) is 5.73 Å².